The molecule has 1 aromatic carbocycles. The zero-order valence-corrected chi connectivity index (χ0v) is 10.3. The number of benzene rings is 1. The lowest BCUT2D eigenvalue weighted by molar-refractivity contribution is -0.115. The third kappa shape index (κ3) is 2.14. The van der Waals surface area contributed by atoms with Gasteiger partial charge >= 0.3 is 0 Å². The highest BCUT2D eigenvalue weighted by molar-refractivity contribution is 5.97. The van der Waals surface area contributed by atoms with Gasteiger partial charge < -0.3 is 5.73 Å². The molecule has 0 radical (unpaired) electrons. The van der Waals surface area contributed by atoms with Crippen molar-refractivity contribution in [2.75, 3.05) is 0 Å². The standard InChI is InChI=1S/C10H4N2O4.C2H5NO/c13-7-3-1-4-6(10(16)12-8(4)14)2-5(3)9(15)11-7;1-2(3)4/h1-2H,(H,11,13,15)(H,12,14,16);1H3,(H2,3,4). The summed E-state index contributed by atoms with van der Waals surface area (Å²) in [6.07, 6.45) is 0. The Hall–Kier alpha value is -3.03. The van der Waals surface area contributed by atoms with Gasteiger partial charge in [-0.25, -0.2) is 0 Å². The molecular formula is C12H9N3O5. The SMILES string of the molecule is CC(N)=O.O=c1[nH]c(=O)c2cc3c(=O)[nH]c(=O)c3cc12. The van der Waals surface area contributed by atoms with Gasteiger partial charge in [-0.2, -0.15) is 0 Å². The van der Waals surface area contributed by atoms with Crippen LogP contribution in [0.5, 0.6) is 0 Å². The van der Waals surface area contributed by atoms with Crippen molar-refractivity contribution in [3.05, 3.63) is 53.5 Å². The first-order valence-electron chi connectivity index (χ1n) is 5.46. The predicted molar refractivity (Wildman–Crippen MR) is 72.5 cm³/mol. The first-order valence-corrected chi connectivity index (χ1v) is 5.46. The van der Waals surface area contributed by atoms with Gasteiger partial charge in [-0.3, -0.25) is 33.9 Å². The van der Waals surface area contributed by atoms with Crippen LogP contribution in [0.4, 0.5) is 0 Å². The number of carbonyl (C=O) groups excluding carboxylic acids is 1. The van der Waals surface area contributed by atoms with E-state index in [9.17, 15) is 24.0 Å². The molecule has 3 aromatic rings. The summed E-state index contributed by atoms with van der Waals surface area (Å²) in [5, 5.41) is 0.532. The Kier molecular flexibility index (Phi) is 3.07. The highest BCUT2D eigenvalue weighted by atomic mass is 16.2. The number of nitrogens with two attached hydrogens (primary N) is 1. The number of hydrogen-bond donors (Lipinski definition) is 3. The molecule has 0 unspecified atom stereocenters. The monoisotopic (exact) mass is 275 g/mol. The topological polar surface area (TPSA) is 143 Å². The molecule has 20 heavy (non-hydrogen) atoms. The van der Waals surface area contributed by atoms with Crippen LogP contribution in [0.25, 0.3) is 21.5 Å². The molecule has 2 aromatic heterocycles. The summed E-state index contributed by atoms with van der Waals surface area (Å²) in [7, 11) is 0. The fourth-order valence-corrected chi connectivity index (χ4v) is 1.83. The lowest BCUT2D eigenvalue weighted by atomic mass is 10.1. The molecule has 4 N–H and O–H groups in total. The Morgan fingerprint density at radius 2 is 1.00 bits per heavy atom. The minimum Gasteiger partial charge on any atom is -0.370 e. The third-order valence-corrected chi connectivity index (χ3v) is 2.59. The van der Waals surface area contributed by atoms with Crippen LogP contribution in [0.3, 0.4) is 0 Å². The van der Waals surface area contributed by atoms with Crippen molar-refractivity contribution in [1.29, 1.82) is 0 Å². The average molecular weight is 275 g/mol. The van der Waals surface area contributed by atoms with Crippen LogP contribution >= 0.6 is 0 Å². The number of aromatic nitrogens is 2. The predicted octanol–water partition coefficient (Wildman–Crippen LogP) is -1.54. The molecule has 8 heteroatoms. The molecule has 0 saturated heterocycles. The minimum absolute atomic E-state index is 0.133. The highest BCUT2D eigenvalue weighted by Crippen LogP contribution is 2.12. The first-order chi connectivity index (χ1) is 9.31. The van der Waals surface area contributed by atoms with E-state index in [1.807, 2.05) is 0 Å². The van der Waals surface area contributed by atoms with E-state index in [0.29, 0.717) is 0 Å². The molecule has 0 aliphatic heterocycles. The van der Waals surface area contributed by atoms with Crippen molar-refractivity contribution in [3.63, 3.8) is 0 Å². The van der Waals surface area contributed by atoms with Crippen molar-refractivity contribution >= 4 is 27.5 Å². The maximum absolute atomic E-state index is 11.3. The maximum atomic E-state index is 11.3. The maximum Gasteiger partial charge on any atom is 0.258 e. The summed E-state index contributed by atoms with van der Waals surface area (Å²) in [6.45, 7) is 1.31. The molecule has 1 amide bonds. The molecule has 8 nitrogen and oxygen atoms in total. The Bertz CT molecular complexity index is 867. The molecule has 0 fully saturated rings. The summed E-state index contributed by atoms with van der Waals surface area (Å²) in [4.78, 5) is 58.7. The van der Waals surface area contributed by atoms with E-state index in [1.165, 1.54) is 19.1 Å². The Morgan fingerprint density at radius 3 is 1.20 bits per heavy atom. The van der Waals surface area contributed by atoms with Gasteiger partial charge in [0.2, 0.25) is 5.91 Å². The van der Waals surface area contributed by atoms with Gasteiger partial charge in [0.1, 0.15) is 0 Å². The number of rotatable bonds is 0. The van der Waals surface area contributed by atoms with Gasteiger partial charge in [0, 0.05) is 6.92 Å². The van der Waals surface area contributed by atoms with E-state index in [-0.39, 0.29) is 27.5 Å². The molecule has 0 aliphatic rings. The first kappa shape index (κ1) is 13.4. The Balaban J connectivity index is 0.000000328. The van der Waals surface area contributed by atoms with Crippen LogP contribution in [-0.4, -0.2) is 15.9 Å². The average Bonchev–Trinajstić information content (AvgIpc) is 2.77. The lowest BCUT2D eigenvalue weighted by Gasteiger charge is -1.86. The van der Waals surface area contributed by atoms with Crippen molar-refractivity contribution < 1.29 is 4.79 Å². The molecule has 0 atom stereocenters. The van der Waals surface area contributed by atoms with Gasteiger partial charge in [0.25, 0.3) is 22.2 Å². The molecule has 0 bridgehead atoms. The molecule has 0 aliphatic carbocycles. The summed E-state index contributed by atoms with van der Waals surface area (Å²) < 4.78 is 0. The number of nitrogens with one attached hydrogen (secondary N) is 2. The summed E-state index contributed by atoms with van der Waals surface area (Å²) in [5.74, 6) is -0.333. The number of aromatic amines is 2. The Morgan fingerprint density at radius 1 is 0.800 bits per heavy atom. The van der Waals surface area contributed by atoms with E-state index >= 15 is 0 Å². The minimum atomic E-state index is -0.546. The van der Waals surface area contributed by atoms with E-state index in [1.54, 1.807) is 0 Å². The second-order valence-electron chi connectivity index (χ2n) is 4.12. The second-order valence-corrected chi connectivity index (χ2v) is 4.12. The van der Waals surface area contributed by atoms with Gasteiger partial charge in [-0.1, -0.05) is 0 Å². The van der Waals surface area contributed by atoms with Gasteiger partial charge in [-0.05, 0) is 12.1 Å². The molecule has 102 valence electrons. The Labute approximate surface area is 109 Å². The quantitative estimate of drug-likeness (QED) is 0.455. The van der Waals surface area contributed by atoms with Crippen LogP contribution in [0.15, 0.2) is 31.3 Å². The van der Waals surface area contributed by atoms with Crippen LogP contribution in [0, 0.1) is 0 Å². The van der Waals surface area contributed by atoms with Crippen LogP contribution in [0.2, 0.25) is 0 Å². The number of fused-ring (bicyclic) bond motifs is 2. The summed E-state index contributed by atoms with van der Waals surface area (Å²) in [5.41, 5.74) is 2.29. The van der Waals surface area contributed by atoms with Crippen molar-refractivity contribution in [2.45, 2.75) is 6.92 Å². The van der Waals surface area contributed by atoms with Gasteiger partial charge in [-0.15, -0.1) is 0 Å². The van der Waals surface area contributed by atoms with E-state index in [4.69, 9.17) is 0 Å². The summed E-state index contributed by atoms with van der Waals surface area (Å²) >= 11 is 0. The molecular weight excluding hydrogens is 266 g/mol. The molecule has 2 heterocycles. The number of carbonyl (C=O) groups is 1. The summed E-state index contributed by atoms with van der Waals surface area (Å²) in [6, 6.07) is 2.54. The van der Waals surface area contributed by atoms with E-state index < -0.39 is 22.2 Å². The van der Waals surface area contributed by atoms with E-state index in [0.717, 1.165) is 0 Å². The fourth-order valence-electron chi connectivity index (χ4n) is 1.83. The molecule has 3 rings (SSSR count). The molecule has 0 spiro atoms. The van der Waals surface area contributed by atoms with Gasteiger partial charge in [0.15, 0.2) is 0 Å². The largest absolute Gasteiger partial charge is 0.370 e. The number of H-pyrrole nitrogens is 2. The molecule has 0 saturated carbocycles. The normalized spacial score (nSPS) is 10.4. The number of hydrogen-bond acceptors (Lipinski definition) is 5. The third-order valence-electron chi connectivity index (χ3n) is 2.59. The number of primary amides is 1. The van der Waals surface area contributed by atoms with Crippen molar-refractivity contribution in [1.82, 2.24) is 9.97 Å². The highest BCUT2D eigenvalue weighted by Gasteiger charge is 2.12. The van der Waals surface area contributed by atoms with E-state index in [2.05, 4.69) is 15.7 Å². The zero-order chi connectivity index (χ0) is 15.0. The van der Waals surface area contributed by atoms with Crippen molar-refractivity contribution in [2.24, 2.45) is 5.73 Å². The lowest BCUT2D eigenvalue weighted by Crippen LogP contribution is -2.06. The van der Waals surface area contributed by atoms with Crippen LogP contribution < -0.4 is 28.0 Å². The van der Waals surface area contributed by atoms with Crippen LogP contribution in [-0.2, 0) is 4.79 Å². The van der Waals surface area contributed by atoms with Gasteiger partial charge in [0.05, 0.1) is 21.5 Å². The number of amides is 1. The van der Waals surface area contributed by atoms with Crippen molar-refractivity contribution in [3.8, 4) is 0 Å². The smallest absolute Gasteiger partial charge is 0.258 e. The zero-order valence-electron chi connectivity index (χ0n) is 10.3. The second kappa shape index (κ2) is 4.57. The fraction of sp³-hybridized carbons (Fsp3) is 0.0833. The van der Waals surface area contributed by atoms with Crippen LogP contribution in [0.1, 0.15) is 6.92 Å².